The number of halogens is 1. The first-order chi connectivity index (χ1) is 20.5. The summed E-state index contributed by atoms with van der Waals surface area (Å²) in [5, 5.41) is 7.23. The number of sulfonamides is 1. The van der Waals surface area contributed by atoms with Crippen LogP contribution >= 0.6 is 11.3 Å². The summed E-state index contributed by atoms with van der Waals surface area (Å²) in [7, 11) is -2.19. The lowest BCUT2D eigenvalue weighted by atomic mass is 9.97. The molecule has 0 fully saturated rings. The molecule has 1 unspecified atom stereocenters. The van der Waals surface area contributed by atoms with Crippen molar-refractivity contribution in [1.29, 1.82) is 0 Å². The summed E-state index contributed by atoms with van der Waals surface area (Å²) in [5.74, 6) is 0.0184. The highest BCUT2D eigenvalue weighted by atomic mass is 32.2. The molecule has 0 aliphatic heterocycles. The van der Waals surface area contributed by atoms with Gasteiger partial charge in [0.1, 0.15) is 34.2 Å². The second kappa shape index (κ2) is 10.5. The predicted molar refractivity (Wildman–Crippen MR) is 166 cm³/mol. The van der Waals surface area contributed by atoms with Crippen molar-refractivity contribution in [2.75, 3.05) is 23.8 Å². The molecule has 0 radical (unpaired) electrons. The molecular weight excluding hydrogens is 593 g/mol. The molecule has 1 atom stereocenters. The van der Waals surface area contributed by atoms with Crippen LogP contribution in [0.2, 0.25) is 0 Å². The zero-order chi connectivity index (χ0) is 30.6. The van der Waals surface area contributed by atoms with Crippen LogP contribution in [0.5, 0.6) is 5.75 Å². The van der Waals surface area contributed by atoms with Crippen LogP contribution < -0.4 is 20.8 Å². The maximum absolute atomic E-state index is 14.4. The Morgan fingerprint density at radius 1 is 1.12 bits per heavy atom. The van der Waals surface area contributed by atoms with Crippen LogP contribution in [0.3, 0.4) is 0 Å². The molecule has 6 rings (SSSR count). The lowest BCUT2D eigenvalue weighted by Crippen LogP contribution is -2.21. The average molecular weight is 620 g/mol. The molecule has 11 nitrogen and oxygen atoms in total. The van der Waals surface area contributed by atoms with E-state index in [0.717, 1.165) is 16.8 Å². The number of rotatable bonds is 7. The molecule has 14 heteroatoms. The van der Waals surface area contributed by atoms with Gasteiger partial charge in [0.15, 0.2) is 5.65 Å². The van der Waals surface area contributed by atoms with Gasteiger partial charge in [-0.2, -0.15) is 5.10 Å². The van der Waals surface area contributed by atoms with E-state index in [1.54, 1.807) is 39.4 Å². The third-order valence-corrected chi connectivity index (χ3v) is 8.72. The molecule has 3 N–H and O–H groups in total. The number of benzene rings is 2. The molecule has 2 aromatic carbocycles. The Morgan fingerprint density at radius 2 is 1.91 bits per heavy atom. The van der Waals surface area contributed by atoms with E-state index in [9.17, 15) is 17.6 Å². The van der Waals surface area contributed by atoms with E-state index in [4.69, 9.17) is 15.6 Å². The lowest BCUT2D eigenvalue weighted by Gasteiger charge is -2.18. The van der Waals surface area contributed by atoms with Gasteiger partial charge in [-0.3, -0.25) is 13.9 Å². The summed E-state index contributed by atoms with van der Waals surface area (Å²) in [6.45, 7) is 3.71. The Balaban J connectivity index is 1.60. The number of aromatic nitrogens is 5. The zero-order valence-electron chi connectivity index (χ0n) is 23.5. The predicted octanol–water partition coefficient (Wildman–Crippen LogP) is 4.85. The van der Waals surface area contributed by atoms with E-state index in [1.807, 2.05) is 25.3 Å². The molecule has 4 heterocycles. The molecule has 0 saturated carbocycles. The molecule has 0 aliphatic rings. The van der Waals surface area contributed by atoms with Gasteiger partial charge in [-0.1, -0.05) is 12.1 Å². The van der Waals surface area contributed by atoms with Gasteiger partial charge in [-0.25, -0.2) is 27.5 Å². The van der Waals surface area contributed by atoms with Crippen molar-refractivity contribution in [3.05, 3.63) is 87.7 Å². The third kappa shape index (κ3) is 4.97. The number of thiazole rings is 1. The third-order valence-electron chi connectivity index (χ3n) is 7.12. The van der Waals surface area contributed by atoms with Gasteiger partial charge >= 0.3 is 0 Å². The Hall–Kier alpha value is -4.82. The zero-order valence-corrected chi connectivity index (χ0v) is 25.1. The lowest BCUT2D eigenvalue weighted by molar-refractivity contribution is 0.417. The number of nitrogens with two attached hydrogens (primary N) is 1. The summed E-state index contributed by atoms with van der Waals surface area (Å²) in [4.78, 5) is 23.3. The van der Waals surface area contributed by atoms with Crippen molar-refractivity contribution in [1.82, 2.24) is 24.1 Å². The van der Waals surface area contributed by atoms with Crippen molar-refractivity contribution >= 4 is 48.7 Å². The normalized spacial score (nSPS) is 12.6. The highest BCUT2D eigenvalue weighted by Crippen LogP contribution is 2.38. The van der Waals surface area contributed by atoms with Crippen LogP contribution in [0.15, 0.2) is 65.0 Å². The van der Waals surface area contributed by atoms with Crippen molar-refractivity contribution in [3.63, 3.8) is 0 Å². The van der Waals surface area contributed by atoms with Gasteiger partial charge in [-0.15, -0.1) is 11.3 Å². The van der Waals surface area contributed by atoms with Crippen molar-refractivity contribution < 1.29 is 17.5 Å². The monoisotopic (exact) mass is 619 g/mol. The topological polar surface area (TPSA) is 146 Å². The maximum atomic E-state index is 14.4. The largest absolute Gasteiger partial charge is 0.495 e. The minimum atomic E-state index is -3.62. The standard InChI is InChI=1S/C29H26FN7O4S2/c1-15-13-42-23-12-20(24(29(38)36(15)23)17-6-5-7-19(30)10-17)16(2)37-28-25(27(31)32-14-33-28)26(34-37)18-8-9-22(41-3)21(11-18)35-43(4,39)40/h5-14,16,35H,1-4H3,(H2,31,32,33). The van der Waals surface area contributed by atoms with Crippen LogP contribution in [0.25, 0.3) is 38.2 Å². The number of anilines is 2. The average Bonchev–Trinajstić information content (AvgIpc) is 3.53. The maximum Gasteiger partial charge on any atom is 0.264 e. The fourth-order valence-electron chi connectivity index (χ4n) is 5.22. The fourth-order valence-corrected chi connectivity index (χ4v) is 6.70. The molecule has 0 amide bonds. The number of pyridine rings is 1. The minimum absolute atomic E-state index is 0.168. The van der Waals surface area contributed by atoms with E-state index < -0.39 is 21.9 Å². The number of nitrogens with one attached hydrogen (secondary N) is 1. The number of nitrogen functional groups attached to an aromatic ring is 1. The molecule has 220 valence electrons. The van der Waals surface area contributed by atoms with Gasteiger partial charge in [-0.05, 0) is 61.4 Å². The molecule has 4 aromatic heterocycles. The number of hydrogen-bond donors (Lipinski definition) is 2. The van der Waals surface area contributed by atoms with Crippen LogP contribution in [0.4, 0.5) is 15.9 Å². The van der Waals surface area contributed by atoms with Crippen LogP contribution in [0.1, 0.15) is 24.2 Å². The number of fused-ring (bicyclic) bond motifs is 2. The summed E-state index contributed by atoms with van der Waals surface area (Å²) < 4.78 is 49.6. The molecule has 0 saturated heterocycles. The van der Waals surface area contributed by atoms with Gasteiger partial charge in [0.25, 0.3) is 5.56 Å². The van der Waals surface area contributed by atoms with Crippen molar-refractivity contribution in [2.24, 2.45) is 0 Å². The highest BCUT2D eigenvalue weighted by molar-refractivity contribution is 7.92. The first kappa shape index (κ1) is 28.3. The molecular formula is C29H26FN7O4S2. The van der Waals surface area contributed by atoms with E-state index in [2.05, 4.69) is 14.7 Å². The van der Waals surface area contributed by atoms with E-state index in [0.29, 0.717) is 44.7 Å². The highest BCUT2D eigenvalue weighted by Gasteiger charge is 2.26. The second-order valence-corrected chi connectivity index (χ2v) is 12.7. The smallest absolute Gasteiger partial charge is 0.264 e. The van der Waals surface area contributed by atoms with Gasteiger partial charge in [0.2, 0.25) is 10.0 Å². The molecule has 0 spiro atoms. The van der Waals surface area contributed by atoms with Crippen LogP contribution in [-0.2, 0) is 10.0 Å². The summed E-state index contributed by atoms with van der Waals surface area (Å²) in [5.41, 5.74) is 9.76. The summed E-state index contributed by atoms with van der Waals surface area (Å²) >= 11 is 1.43. The SMILES string of the molecule is COc1ccc(-c2nn(C(C)c3cc4scc(C)n4c(=O)c3-c3cccc(F)c3)c3ncnc(N)c23)cc1NS(C)(=O)=O. The first-order valence-corrected chi connectivity index (χ1v) is 15.8. The number of methoxy groups -OCH3 is 1. The Kier molecular flexibility index (Phi) is 6.89. The molecule has 6 aromatic rings. The number of ether oxygens (including phenoxy) is 1. The van der Waals surface area contributed by atoms with Crippen molar-refractivity contribution in [3.8, 4) is 28.1 Å². The molecule has 43 heavy (non-hydrogen) atoms. The molecule has 0 bridgehead atoms. The Bertz CT molecular complexity index is 2220. The van der Waals surface area contributed by atoms with E-state index in [-0.39, 0.29) is 17.1 Å². The van der Waals surface area contributed by atoms with Crippen molar-refractivity contribution in [2.45, 2.75) is 19.9 Å². The van der Waals surface area contributed by atoms with E-state index >= 15 is 0 Å². The molecule has 0 aliphatic carbocycles. The number of hydrogen-bond acceptors (Lipinski definition) is 9. The van der Waals surface area contributed by atoms with Gasteiger partial charge in [0.05, 0.1) is 36.0 Å². The first-order valence-electron chi connectivity index (χ1n) is 13.0. The van der Waals surface area contributed by atoms with Crippen LogP contribution in [-0.4, -0.2) is 45.9 Å². The van der Waals surface area contributed by atoms with Gasteiger partial charge in [0, 0.05) is 16.6 Å². The fraction of sp³-hybridized carbons (Fsp3) is 0.172. The van der Waals surface area contributed by atoms with Gasteiger partial charge < -0.3 is 10.5 Å². The Morgan fingerprint density at radius 3 is 2.63 bits per heavy atom. The quantitative estimate of drug-likeness (QED) is 0.258. The van der Waals surface area contributed by atoms with Crippen LogP contribution in [0, 0.1) is 12.7 Å². The van der Waals surface area contributed by atoms with E-state index in [1.165, 1.54) is 36.9 Å². The Labute approximate surface area is 249 Å². The number of aryl methyl sites for hydroxylation is 1. The number of nitrogens with zero attached hydrogens (tertiary/aromatic N) is 5. The summed E-state index contributed by atoms with van der Waals surface area (Å²) in [6.07, 6.45) is 2.37. The summed E-state index contributed by atoms with van der Waals surface area (Å²) in [6, 6.07) is 12.2. The second-order valence-electron chi connectivity index (χ2n) is 10.1. The minimum Gasteiger partial charge on any atom is -0.495 e.